The molecule has 1 saturated heterocycles. The molecular weight excluding hydrogens is 582 g/mol. The van der Waals surface area contributed by atoms with Gasteiger partial charge in [-0.1, -0.05) is 55.8 Å². The van der Waals surface area contributed by atoms with Crippen LogP contribution in [0, 0.1) is 19.3 Å². The number of hydrogen-bond donors (Lipinski definition) is 2. The molecule has 8 heteroatoms. The second-order valence-corrected chi connectivity index (χ2v) is 14.4. The first-order valence-corrected chi connectivity index (χ1v) is 16.8. The second kappa shape index (κ2) is 14.1. The van der Waals surface area contributed by atoms with E-state index in [4.69, 9.17) is 16.6 Å². The zero-order valence-corrected chi connectivity index (χ0v) is 28.7. The molecule has 3 aromatic rings. The molecule has 0 amide bonds. The van der Waals surface area contributed by atoms with E-state index in [1.807, 2.05) is 19.1 Å². The third kappa shape index (κ3) is 8.00. The molecule has 7 nitrogen and oxygen atoms in total. The van der Waals surface area contributed by atoms with Crippen LogP contribution in [-0.4, -0.2) is 72.7 Å². The summed E-state index contributed by atoms with van der Waals surface area (Å²) in [5.74, 6) is 0.0298. The monoisotopic (exact) mass is 631 g/mol. The van der Waals surface area contributed by atoms with Gasteiger partial charge in [-0.2, -0.15) is 0 Å². The van der Waals surface area contributed by atoms with Gasteiger partial charge < -0.3 is 20.2 Å². The maximum absolute atomic E-state index is 12.2. The van der Waals surface area contributed by atoms with Crippen molar-refractivity contribution in [2.24, 2.45) is 5.41 Å². The molecule has 2 aliphatic heterocycles. The second-order valence-electron chi connectivity index (χ2n) is 14.0. The first kappa shape index (κ1) is 33.2. The van der Waals surface area contributed by atoms with Crippen molar-refractivity contribution in [3.05, 3.63) is 74.9 Å². The first-order chi connectivity index (χ1) is 21.4. The van der Waals surface area contributed by atoms with Crippen molar-refractivity contribution in [2.45, 2.75) is 72.9 Å². The van der Waals surface area contributed by atoms with E-state index in [1.54, 1.807) is 0 Å². The summed E-state index contributed by atoms with van der Waals surface area (Å²) >= 11 is 6.58. The predicted molar refractivity (Wildman–Crippen MR) is 187 cm³/mol. The van der Waals surface area contributed by atoms with Crippen LogP contribution in [0.1, 0.15) is 66.6 Å². The third-order valence-corrected chi connectivity index (χ3v) is 9.99. The molecular formula is C37H50ClN5O2. The number of piperidine rings is 1. The van der Waals surface area contributed by atoms with Gasteiger partial charge in [-0.3, -0.25) is 9.69 Å². The Kier molecular flexibility index (Phi) is 10.4. The number of aliphatic carboxylic acids is 1. The van der Waals surface area contributed by atoms with E-state index in [9.17, 15) is 9.90 Å². The van der Waals surface area contributed by atoms with Crippen LogP contribution < -0.4 is 10.2 Å². The normalized spacial score (nSPS) is 16.6. The average Bonchev–Trinajstić information content (AvgIpc) is 2.98. The smallest absolute Gasteiger partial charge is 0.307 e. The molecule has 0 bridgehead atoms. The molecule has 2 N–H and O–H groups in total. The summed E-state index contributed by atoms with van der Waals surface area (Å²) in [7, 11) is 4.18. The van der Waals surface area contributed by atoms with Crippen LogP contribution in [0.3, 0.4) is 0 Å². The van der Waals surface area contributed by atoms with Gasteiger partial charge in [0.1, 0.15) is 5.82 Å². The number of anilines is 2. The number of fused-ring (bicyclic) bond motifs is 1. The Bertz CT molecular complexity index is 1510. The highest BCUT2D eigenvalue weighted by Crippen LogP contribution is 2.44. The zero-order chi connectivity index (χ0) is 32.3. The van der Waals surface area contributed by atoms with E-state index in [0.29, 0.717) is 0 Å². The number of carboxylic acids is 1. The Balaban J connectivity index is 1.54. The molecule has 0 aliphatic carbocycles. The molecule has 0 spiro atoms. The van der Waals surface area contributed by atoms with E-state index in [-0.39, 0.29) is 11.8 Å². The minimum atomic E-state index is -0.824. The summed E-state index contributed by atoms with van der Waals surface area (Å²) in [5, 5.41) is 14.5. The zero-order valence-electron chi connectivity index (χ0n) is 28.0. The first-order valence-electron chi connectivity index (χ1n) is 16.4. The topological polar surface area (TPSA) is 71.9 Å². The van der Waals surface area contributed by atoms with Gasteiger partial charge >= 0.3 is 5.97 Å². The number of nitrogens with one attached hydrogen (secondary N) is 1. The Morgan fingerprint density at radius 2 is 1.82 bits per heavy atom. The van der Waals surface area contributed by atoms with Gasteiger partial charge in [0.25, 0.3) is 0 Å². The summed E-state index contributed by atoms with van der Waals surface area (Å²) in [6.07, 6.45) is 4.03. The molecule has 3 heterocycles. The predicted octanol–water partition coefficient (Wildman–Crippen LogP) is 7.19. The SMILES string of the molecule is Cc1cccc(Cl)c1CN1CCc2cc(-c3c(NCCCN(C)C)nc(C)c(CC(=O)O)c3N3CCC(C)(C)CC3)ccc2C1. The Labute approximate surface area is 274 Å². The number of carboxylic acid groups (broad SMARTS) is 1. The number of pyridine rings is 1. The average molecular weight is 632 g/mol. The minimum absolute atomic E-state index is 0.0384. The van der Waals surface area contributed by atoms with Gasteiger partial charge in [-0.15, -0.1) is 0 Å². The fourth-order valence-electron chi connectivity index (χ4n) is 6.77. The highest BCUT2D eigenvalue weighted by Gasteiger charge is 2.31. The van der Waals surface area contributed by atoms with Crippen molar-refractivity contribution in [3.8, 4) is 11.1 Å². The molecule has 1 fully saturated rings. The van der Waals surface area contributed by atoms with Crippen LogP contribution >= 0.6 is 11.6 Å². The van der Waals surface area contributed by atoms with Crippen LogP contribution in [0.15, 0.2) is 36.4 Å². The van der Waals surface area contributed by atoms with Gasteiger partial charge in [-0.25, -0.2) is 4.98 Å². The lowest BCUT2D eigenvalue weighted by molar-refractivity contribution is -0.136. The number of carbonyl (C=O) groups is 1. The van der Waals surface area contributed by atoms with Crippen LogP contribution in [0.2, 0.25) is 5.02 Å². The van der Waals surface area contributed by atoms with Crippen molar-refractivity contribution < 1.29 is 9.90 Å². The van der Waals surface area contributed by atoms with Crippen LogP contribution in [0.4, 0.5) is 11.5 Å². The molecule has 45 heavy (non-hydrogen) atoms. The lowest BCUT2D eigenvalue weighted by Gasteiger charge is -2.40. The molecule has 1 aromatic heterocycles. The number of benzene rings is 2. The van der Waals surface area contributed by atoms with Gasteiger partial charge in [0.05, 0.1) is 12.1 Å². The lowest BCUT2D eigenvalue weighted by Crippen LogP contribution is -2.38. The summed E-state index contributed by atoms with van der Waals surface area (Å²) in [4.78, 5) is 24.3. The van der Waals surface area contributed by atoms with Crippen molar-refractivity contribution in [1.29, 1.82) is 0 Å². The summed E-state index contributed by atoms with van der Waals surface area (Å²) in [6.45, 7) is 15.0. The molecule has 0 unspecified atom stereocenters. The number of hydrogen-bond acceptors (Lipinski definition) is 6. The summed E-state index contributed by atoms with van der Waals surface area (Å²) in [6, 6.07) is 13.0. The highest BCUT2D eigenvalue weighted by molar-refractivity contribution is 6.31. The van der Waals surface area contributed by atoms with E-state index < -0.39 is 5.97 Å². The van der Waals surface area contributed by atoms with Crippen LogP contribution in [-0.2, 0) is 30.7 Å². The maximum atomic E-state index is 12.2. The molecule has 0 saturated carbocycles. The number of rotatable bonds is 11. The minimum Gasteiger partial charge on any atom is -0.481 e. The number of halogens is 1. The van der Waals surface area contributed by atoms with Crippen molar-refractivity contribution in [2.75, 3.05) is 57.0 Å². The highest BCUT2D eigenvalue weighted by atomic mass is 35.5. The quantitative estimate of drug-likeness (QED) is 0.217. The van der Waals surface area contributed by atoms with E-state index >= 15 is 0 Å². The van der Waals surface area contributed by atoms with Gasteiger partial charge in [0, 0.05) is 61.1 Å². The van der Waals surface area contributed by atoms with E-state index in [0.717, 1.165) is 110 Å². The molecule has 2 aliphatic rings. The Morgan fingerprint density at radius 3 is 2.51 bits per heavy atom. The van der Waals surface area contributed by atoms with Crippen LogP contribution in [0.25, 0.3) is 11.1 Å². The number of aromatic nitrogens is 1. The van der Waals surface area contributed by atoms with Gasteiger partial charge in [-0.05, 0) is 99.5 Å². The number of aryl methyl sites for hydroxylation is 2. The lowest BCUT2D eigenvalue weighted by atomic mass is 9.82. The summed E-state index contributed by atoms with van der Waals surface area (Å²) < 4.78 is 0. The summed E-state index contributed by atoms with van der Waals surface area (Å²) in [5.41, 5.74) is 10.2. The number of nitrogens with zero attached hydrogens (tertiary/aromatic N) is 4. The fraction of sp³-hybridized carbons (Fsp3) is 0.514. The molecule has 2 aromatic carbocycles. The molecule has 242 valence electrons. The molecule has 0 atom stereocenters. The van der Waals surface area contributed by atoms with E-state index in [1.165, 1.54) is 22.3 Å². The molecule has 0 radical (unpaired) electrons. The Hall–Kier alpha value is -3.13. The van der Waals surface area contributed by atoms with Gasteiger partial charge in [0.2, 0.25) is 0 Å². The van der Waals surface area contributed by atoms with Crippen molar-refractivity contribution in [3.63, 3.8) is 0 Å². The maximum Gasteiger partial charge on any atom is 0.307 e. The van der Waals surface area contributed by atoms with E-state index in [2.05, 4.69) is 79.1 Å². The largest absolute Gasteiger partial charge is 0.481 e. The fourth-order valence-corrected chi connectivity index (χ4v) is 7.05. The van der Waals surface area contributed by atoms with Crippen molar-refractivity contribution >= 4 is 29.1 Å². The Morgan fingerprint density at radius 1 is 1.07 bits per heavy atom. The van der Waals surface area contributed by atoms with Crippen molar-refractivity contribution in [1.82, 2.24) is 14.8 Å². The van der Waals surface area contributed by atoms with Gasteiger partial charge in [0.15, 0.2) is 0 Å². The molecule has 5 rings (SSSR count). The standard InChI is InChI=1S/C37H50ClN5O2/c1-25-9-7-10-32(38)31(25)24-42-18-13-27-21-28(11-12-29(27)23-42)34-35(43-19-14-37(3,4)15-20-43)30(22-33(44)45)26(2)40-36(34)39-16-8-17-41(5)6/h7,9-12,21H,8,13-20,22-24H2,1-6H3,(H,39,40)(H,44,45). The third-order valence-electron chi connectivity index (χ3n) is 9.63. The van der Waals surface area contributed by atoms with Crippen LogP contribution in [0.5, 0.6) is 0 Å².